The average molecular weight is 351 g/mol. The summed E-state index contributed by atoms with van der Waals surface area (Å²) in [7, 11) is 0. The molecule has 0 N–H and O–H groups in total. The van der Waals surface area contributed by atoms with Gasteiger partial charge in [-0.25, -0.2) is 0 Å². The molecule has 0 fully saturated rings. The van der Waals surface area contributed by atoms with Crippen LogP contribution in [0.5, 0.6) is 11.5 Å². The summed E-state index contributed by atoms with van der Waals surface area (Å²) in [5.74, 6) is 1.36. The molecule has 5 heteroatoms. The second-order valence-corrected chi connectivity index (χ2v) is 5.86. The first kappa shape index (κ1) is 17.9. The molecule has 0 saturated heterocycles. The molecule has 0 unspecified atom stereocenters. The number of fused-ring (bicyclic) bond motifs is 1. The Hall–Kier alpha value is -2.92. The molecule has 0 aliphatic rings. The summed E-state index contributed by atoms with van der Waals surface area (Å²) >= 11 is 0. The van der Waals surface area contributed by atoms with Gasteiger partial charge in [-0.1, -0.05) is 18.2 Å². The molecule has 134 valence electrons. The Kier molecular flexibility index (Phi) is 5.81. The molecular formula is C21H21NO4. The quantitative estimate of drug-likeness (QED) is 0.454. The van der Waals surface area contributed by atoms with E-state index in [0.717, 1.165) is 16.7 Å². The van der Waals surface area contributed by atoms with E-state index in [4.69, 9.17) is 9.47 Å². The fraction of sp³-hybridized carbons (Fsp3) is 0.238. The fourth-order valence-electron chi connectivity index (χ4n) is 2.84. The van der Waals surface area contributed by atoms with Gasteiger partial charge in [0.25, 0.3) is 5.56 Å². The largest absolute Gasteiger partial charge is 0.457 e. The van der Waals surface area contributed by atoms with Crippen molar-refractivity contribution in [2.45, 2.75) is 19.9 Å². The lowest BCUT2D eigenvalue weighted by molar-refractivity contribution is 0.112. The van der Waals surface area contributed by atoms with E-state index < -0.39 is 0 Å². The number of aldehydes is 1. The lowest BCUT2D eigenvalue weighted by Gasteiger charge is -2.13. The summed E-state index contributed by atoms with van der Waals surface area (Å²) in [6, 6.07) is 16.6. The van der Waals surface area contributed by atoms with Gasteiger partial charge in [0.15, 0.2) is 6.29 Å². The smallest absolute Gasteiger partial charge is 0.261 e. The van der Waals surface area contributed by atoms with Crippen LogP contribution in [-0.4, -0.2) is 24.1 Å². The second-order valence-electron chi connectivity index (χ2n) is 5.86. The van der Waals surface area contributed by atoms with Gasteiger partial charge in [-0.15, -0.1) is 0 Å². The van der Waals surface area contributed by atoms with Crippen LogP contribution in [0.3, 0.4) is 0 Å². The number of ether oxygens (including phenoxy) is 2. The maximum absolute atomic E-state index is 12.6. The molecule has 0 radical (unpaired) electrons. The van der Waals surface area contributed by atoms with Crippen LogP contribution in [-0.2, 0) is 11.3 Å². The number of para-hydroxylation sites is 1. The summed E-state index contributed by atoms with van der Waals surface area (Å²) in [4.78, 5) is 23.8. The number of benzene rings is 2. The van der Waals surface area contributed by atoms with Crippen LogP contribution in [0.2, 0.25) is 0 Å². The topological polar surface area (TPSA) is 57.5 Å². The third-order valence-electron chi connectivity index (χ3n) is 4.08. The zero-order chi connectivity index (χ0) is 18.4. The van der Waals surface area contributed by atoms with Gasteiger partial charge in [0.1, 0.15) is 11.5 Å². The highest BCUT2D eigenvalue weighted by molar-refractivity contribution is 5.87. The molecule has 5 nitrogen and oxygen atoms in total. The van der Waals surface area contributed by atoms with E-state index in [2.05, 4.69) is 0 Å². The summed E-state index contributed by atoms with van der Waals surface area (Å²) in [5.41, 5.74) is 0.608. The lowest BCUT2D eigenvalue weighted by Crippen LogP contribution is -2.24. The lowest BCUT2D eigenvalue weighted by atomic mass is 10.1. The Morgan fingerprint density at radius 3 is 2.58 bits per heavy atom. The second kappa shape index (κ2) is 8.45. The molecule has 0 aliphatic heterocycles. The number of carbonyl (C=O) groups is 1. The van der Waals surface area contributed by atoms with E-state index in [-0.39, 0.29) is 11.1 Å². The molecular weight excluding hydrogens is 330 g/mol. The van der Waals surface area contributed by atoms with Crippen molar-refractivity contribution < 1.29 is 14.3 Å². The Balaban J connectivity index is 1.99. The minimum Gasteiger partial charge on any atom is -0.457 e. The highest BCUT2D eigenvalue weighted by Crippen LogP contribution is 2.25. The van der Waals surface area contributed by atoms with E-state index in [1.165, 1.54) is 0 Å². The first-order valence-corrected chi connectivity index (χ1v) is 8.66. The van der Waals surface area contributed by atoms with E-state index in [1.807, 2.05) is 55.5 Å². The first-order valence-electron chi connectivity index (χ1n) is 8.66. The van der Waals surface area contributed by atoms with Gasteiger partial charge in [0.05, 0.1) is 11.1 Å². The maximum Gasteiger partial charge on any atom is 0.261 e. The van der Waals surface area contributed by atoms with Crippen molar-refractivity contribution in [1.82, 2.24) is 4.57 Å². The number of pyridine rings is 1. The van der Waals surface area contributed by atoms with E-state index >= 15 is 0 Å². The van der Waals surface area contributed by atoms with E-state index in [9.17, 15) is 9.59 Å². The van der Waals surface area contributed by atoms with Crippen molar-refractivity contribution in [1.29, 1.82) is 0 Å². The zero-order valence-corrected chi connectivity index (χ0v) is 14.7. The predicted octanol–water partition coefficient (Wildman–Crippen LogP) is 4.03. The minimum absolute atomic E-state index is 0.158. The van der Waals surface area contributed by atoms with Crippen LogP contribution in [0.15, 0.2) is 59.4 Å². The number of aromatic nitrogens is 1. The average Bonchev–Trinajstić information content (AvgIpc) is 2.67. The highest BCUT2D eigenvalue weighted by Gasteiger charge is 2.10. The molecule has 0 saturated carbocycles. The van der Waals surface area contributed by atoms with Gasteiger partial charge in [-0.05, 0) is 49.1 Å². The molecule has 0 amide bonds. The van der Waals surface area contributed by atoms with Crippen molar-refractivity contribution in [3.8, 4) is 11.5 Å². The summed E-state index contributed by atoms with van der Waals surface area (Å²) < 4.78 is 12.8. The number of nitrogens with zero attached hydrogens (tertiary/aromatic N) is 1. The summed E-state index contributed by atoms with van der Waals surface area (Å²) in [6.07, 6.45) is 1.30. The number of hydrogen-bond donors (Lipinski definition) is 0. The van der Waals surface area contributed by atoms with Crippen molar-refractivity contribution in [3.63, 3.8) is 0 Å². The molecule has 0 atom stereocenters. The van der Waals surface area contributed by atoms with Crippen LogP contribution < -0.4 is 10.3 Å². The normalized spacial score (nSPS) is 10.8. The van der Waals surface area contributed by atoms with Crippen molar-refractivity contribution in [3.05, 3.63) is 70.5 Å². The molecule has 2 aromatic carbocycles. The number of rotatable bonds is 8. The molecule has 3 aromatic rings. The van der Waals surface area contributed by atoms with Gasteiger partial charge < -0.3 is 14.0 Å². The van der Waals surface area contributed by atoms with Crippen LogP contribution >= 0.6 is 0 Å². The van der Waals surface area contributed by atoms with Gasteiger partial charge in [0, 0.05) is 25.8 Å². The SMILES string of the molecule is CCOCCCn1c(=O)c(C=O)cc2ccc(Oc3ccccc3)cc21. The van der Waals surface area contributed by atoms with Crippen LogP contribution in [0, 0.1) is 0 Å². The van der Waals surface area contributed by atoms with Gasteiger partial charge in [-0.3, -0.25) is 9.59 Å². The van der Waals surface area contributed by atoms with Crippen LogP contribution in [0.1, 0.15) is 23.7 Å². The standard InChI is InChI=1S/C21H21NO4/c1-2-25-12-6-11-22-20-14-19(26-18-7-4-3-5-8-18)10-9-16(20)13-17(15-23)21(22)24/h3-5,7-10,13-15H,2,6,11-12H2,1H3. The van der Waals surface area contributed by atoms with Crippen LogP contribution in [0.25, 0.3) is 10.9 Å². The van der Waals surface area contributed by atoms with Gasteiger partial charge >= 0.3 is 0 Å². The summed E-state index contributed by atoms with van der Waals surface area (Å²) in [6.45, 7) is 3.61. The predicted molar refractivity (Wildman–Crippen MR) is 101 cm³/mol. The molecule has 3 rings (SSSR count). The Morgan fingerprint density at radius 2 is 1.85 bits per heavy atom. The van der Waals surface area contributed by atoms with Crippen molar-refractivity contribution in [2.75, 3.05) is 13.2 Å². The molecule has 1 heterocycles. The molecule has 1 aromatic heterocycles. The van der Waals surface area contributed by atoms with E-state index in [1.54, 1.807) is 10.6 Å². The Morgan fingerprint density at radius 1 is 1.04 bits per heavy atom. The Labute approximate surface area is 151 Å². The van der Waals surface area contributed by atoms with Crippen molar-refractivity contribution in [2.24, 2.45) is 0 Å². The number of hydrogen-bond acceptors (Lipinski definition) is 4. The molecule has 0 aliphatic carbocycles. The van der Waals surface area contributed by atoms with Crippen molar-refractivity contribution >= 4 is 17.2 Å². The first-order chi connectivity index (χ1) is 12.7. The third kappa shape index (κ3) is 4.00. The monoisotopic (exact) mass is 351 g/mol. The highest BCUT2D eigenvalue weighted by atomic mass is 16.5. The Bertz CT molecular complexity index is 947. The van der Waals surface area contributed by atoms with Gasteiger partial charge in [0.2, 0.25) is 0 Å². The third-order valence-corrected chi connectivity index (χ3v) is 4.08. The maximum atomic E-state index is 12.6. The zero-order valence-electron chi connectivity index (χ0n) is 14.7. The molecule has 0 spiro atoms. The number of aryl methyl sites for hydroxylation is 1. The fourth-order valence-corrected chi connectivity index (χ4v) is 2.84. The molecule has 26 heavy (non-hydrogen) atoms. The number of carbonyl (C=O) groups excluding carboxylic acids is 1. The minimum atomic E-state index is -0.291. The molecule has 0 bridgehead atoms. The van der Waals surface area contributed by atoms with E-state index in [0.29, 0.717) is 38.2 Å². The van der Waals surface area contributed by atoms with Gasteiger partial charge in [-0.2, -0.15) is 0 Å². The van der Waals surface area contributed by atoms with Crippen LogP contribution in [0.4, 0.5) is 0 Å². The summed E-state index contributed by atoms with van der Waals surface area (Å²) in [5, 5.41) is 0.823.